The molecule has 0 saturated heterocycles. The van der Waals surface area contributed by atoms with Crippen LogP contribution in [0.3, 0.4) is 0 Å². The Kier molecular flexibility index (Phi) is 6.25. The molecule has 0 aromatic heterocycles. The van der Waals surface area contributed by atoms with E-state index in [0.29, 0.717) is 5.56 Å². The monoisotopic (exact) mass is 509 g/mol. The summed E-state index contributed by atoms with van der Waals surface area (Å²) in [6.45, 7) is 1.08. The number of carbonyl (C=O) groups is 2. The van der Waals surface area contributed by atoms with Crippen LogP contribution in [0.1, 0.15) is 24.2 Å². The summed E-state index contributed by atoms with van der Waals surface area (Å²) in [6.07, 6.45) is -0.755. The Hall–Kier alpha value is -3.06. The Morgan fingerprint density at radius 3 is 2.44 bits per heavy atom. The summed E-state index contributed by atoms with van der Waals surface area (Å²) in [5, 5.41) is 15.1. The van der Waals surface area contributed by atoms with Gasteiger partial charge in [0.2, 0.25) is 0 Å². The van der Waals surface area contributed by atoms with Gasteiger partial charge in [-0.25, -0.2) is 4.79 Å². The van der Waals surface area contributed by atoms with E-state index in [4.69, 9.17) is 4.74 Å². The first-order valence-corrected chi connectivity index (χ1v) is 12.1. The van der Waals surface area contributed by atoms with Crippen molar-refractivity contribution < 1.29 is 38.9 Å². The number of rotatable bonds is 7. The van der Waals surface area contributed by atoms with Gasteiger partial charge in [-0.1, -0.05) is 43.7 Å². The van der Waals surface area contributed by atoms with Crippen LogP contribution in [-0.4, -0.2) is 43.3 Å². The number of nitrogens with one attached hydrogen (secondary N) is 2. The van der Waals surface area contributed by atoms with Crippen molar-refractivity contribution in [3.8, 4) is 0 Å². The number of aliphatic hydroxyl groups is 1. The predicted molar refractivity (Wildman–Crippen MR) is 119 cm³/mol. The van der Waals surface area contributed by atoms with E-state index in [1.807, 2.05) is 0 Å². The van der Waals surface area contributed by atoms with Gasteiger partial charge in [-0.15, -0.1) is 0 Å². The number of halogens is 5. The summed E-state index contributed by atoms with van der Waals surface area (Å²) in [7, 11) is -8.59. The van der Waals surface area contributed by atoms with Gasteiger partial charge in [-0.05, 0) is 35.7 Å². The largest absolute Gasteiger partial charge is 0.464 e. The quantitative estimate of drug-likeness (QED) is 0.356. The highest BCUT2D eigenvalue weighted by Gasteiger charge is 2.65. The van der Waals surface area contributed by atoms with Crippen LogP contribution in [0.25, 0.3) is 0 Å². The van der Waals surface area contributed by atoms with Gasteiger partial charge in [0.1, 0.15) is 11.5 Å². The van der Waals surface area contributed by atoms with Crippen molar-refractivity contribution in [3.05, 3.63) is 53.6 Å². The minimum atomic E-state index is -10.0. The number of benzene rings is 2. The van der Waals surface area contributed by atoms with Gasteiger partial charge in [-0.2, -0.15) is 0 Å². The third kappa shape index (κ3) is 6.08. The van der Waals surface area contributed by atoms with Crippen LogP contribution in [0.5, 0.6) is 0 Å². The van der Waals surface area contributed by atoms with Crippen molar-refractivity contribution in [2.24, 2.45) is 0 Å². The number of ether oxygens (including phenoxy) is 1. The van der Waals surface area contributed by atoms with E-state index in [2.05, 4.69) is 10.6 Å². The molecule has 188 valence electrons. The predicted octanol–water partition coefficient (Wildman–Crippen LogP) is 5.12. The summed E-state index contributed by atoms with van der Waals surface area (Å²) in [6, 6.07) is 6.40. The molecule has 0 aliphatic heterocycles. The molecule has 0 radical (unpaired) electrons. The summed E-state index contributed by atoms with van der Waals surface area (Å²) >= 11 is 0. The average Bonchev–Trinajstić information content (AvgIpc) is 3.01. The summed E-state index contributed by atoms with van der Waals surface area (Å²) in [5.41, 5.74) is 0.873. The Morgan fingerprint density at radius 1 is 1.15 bits per heavy atom. The van der Waals surface area contributed by atoms with Gasteiger partial charge in [0.15, 0.2) is 0 Å². The molecule has 0 spiro atoms. The number of nitrogens with zero attached hydrogens (tertiary/aromatic N) is 1. The van der Waals surface area contributed by atoms with Crippen LogP contribution in [0, 0.1) is 0 Å². The highest BCUT2D eigenvalue weighted by atomic mass is 32.5. The van der Waals surface area contributed by atoms with Gasteiger partial charge in [0.25, 0.3) is 0 Å². The number of esters is 1. The van der Waals surface area contributed by atoms with Crippen molar-refractivity contribution in [2.75, 3.05) is 30.4 Å². The average molecular weight is 509 g/mol. The maximum atomic E-state index is 13.4. The molecule has 13 heteroatoms. The van der Waals surface area contributed by atoms with E-state index >= 15 is 0 Å². The van der Waals surface area contributed by atoms with E-state index in [1.165, 1.54) is 18.9 Å². The van der Waals surface area contributed by atoms with Crippen molar-refractivity contribution in [3.63, 3.8) is 0 Å². The number of anilines is 2. The summed E-state index contributed by atoms with van der Waals surface area (Å²) in [4.78, 5) is 22.7. The highest BCUT2D eigenvalue weighted by Crippen LogP contribution is 3.02. The molecule has 2 aromatic rings. The zero-order valence-electron chi connectivity index (χ0n) is 18.2. The Balaban J connectivity index is 1.84. The second kappa shape index (κ2) is 8.31. The molecule has 3 N–H and O–H groups in total. The first-order valence-electron chi connectivity index (χ1n) is 10.1. The fraction of sp³-hybridized carbons (Fsp3) is 0.333. The molecule has 7 nitrogen and oxygen atoms in total. The second-order valence-electron chi connectivity index (χ2n) is 7.96. The van der Waals surface area contributed by atoms with E-state index in [-0.39, 0.29) is 37.4 Å². The third-order valence-electron chi connectivity index (χ3n) is 5.32. The molecule has 2 atom stereocenters. The molecular weight excluding hydrogens is 485 g/mol. The Labute approximate surface area is 192 Å². The van der Waals surface area contributed by atoms with Crippen LogP contribution in [0.2, 0.25) is 0 Å². The fourth-order valence-electron chi connectivity index (χ4n) is 3.67. The Bertz CT molecular complexity index is 1110. The normalized spacial score (nSPS) is 19.4. The molecule has 0 saturated carbocycles. The molecule has 1 aliphatic carbocycles. The van der Waals surface area contributed by atoms with Gasteiger partial charge < -0.3 is 25.4 Å². The fourth-order valence-corrected chi connectivity index (χ4v) is 4.33. The molecule has 34 heavy (non-hydrogen) atoms. The number of hydrogen-bond donors (Lipinski definition) is 3. The number of carbonyl (C=O) groups excluding carboxylic acids is 2. The number of aliphatic hydroxyl groups excluding tert-OH is 1. The van der Waals surface area contributed by atoms with Crippen LogP contribution >= 0.6 is 10.2 Å². The van der Waals surface area contributed by atoms with Crippen molar-refractivity contribution in [1.82, 2.24) is 5.32 Å². The molecule has 2 amide bonds. The molecule has 2 aromatic carbocycles. The lowest BCUT2D eigenvalue weighted by atomic mass is 10.1. The smallest absolute Gasteiger partial charge is 0.319 e. The number of urea groups is 1. The van der Waals surface area contributed by atoms with Crippen LogP contribution < -0.4 is 15.5 Å². The standard InChI is InChI=1S/C21H24F5N3O4S/c1-13(30)33-10-9-29(2)19-8-7-15(34(22,23,24,25)26)12-17(19)27-21(32)28-18-11-14-5-3-4-6-16(14)20(18)31/h3-8,12,18,20,31H,9-11H2,1-2H3,(H2,27,28,32)/t18-,20+/m1/s1. The second-order valence-corrected chi connectivity index (χ2v) is 10.4. The van der Waals surface area contributed by atoms with E-state index in [0.717, 1.165) is 11.6 Å². The third-order valence-corrected chi connectivity index (χ3v) is 6.46. The number of likely N-dealkylation sites (N-methyl/N-ethyl adjacent to an activating group) is 1. The zero-order chi connectivity index (χ0) is 25.4. The SMILES string of the molecule is CC(=O)OCCN(C)c1ccc(S(F)(F)(F)(F)F)cc1NC(=O)N[C@@H]1Cc2ccccc2[C@@H]1O. The zero-order valence-corrected chi connectivity index (χ0v) is 19.1. The minimum absolute atomic E-state index is 0.0110. The molecular formula is C21H24F5N3O4S. The maximum Gasteiger partial charge on any atom is 0.319 e. The first-order chi connectivity index (χ1) is 15.5. The van der Waals surface area contributed by atoms with E-state index < -0.39 is 45.0 Å². The van der Waals surface area contributed by atoms with E-state index in [1.54, 1.807) is 24.3 Å². The maximum absolute atomic E-state index is 13.4. The number of fused-ring (bicyclic) bond motifs is 1. The topological polar surface area (TPSA) is 90.9 Å². The Morgan fingerprint density at radius 2 is 1.82 bits per heavy atom. The molecule has 0 bridgehead atoms. The molecule has 1 aliphatic rings. The number of hydrogen-bond acceptors (Lipinski definition) is 5. The molecule has 0 unspecified atom stereocenters. The lowest BCUT2D eigenvalue weighted by Crippen LogP contribution is -2.40. The lowest BCUT2D eigenvalue weighted by Gasteiger charge is -2.41. The van der Waals surface area contributed by atoms with Gasteiger partial charge in [0.05, 0.1) is 30.1 Å². The lowest BCUT2D eigenvalue weighted by molar-refractivity contribution is -0.140. The van der Waals surface area contributed by atoms with Crippen molar-refractivity contribution in [1.29, 1.82) is 0 Å². The summed E-state index contributed by atoms with van der Waals surface area (Å²) in [5.74, 6) is -0.571. The minimum Gasteiger partial charge on any atom is -0.464 e. The molecule has 0 heterocycles. The molecule has 0 fully saturated rings. The van der Waals surface area contributed by atoms with Crippen LogP contribution in [-0.2, 0) is 16.0 Å². The van der Waals surface area contributed by atoms with E-state index in [9.17, 15) is 34.1 Å². The van der Waals surface area contributed by atoms with Gasteiger partial charge in [0, 0.05) is 14.0 Å². The summed E-state index contributed by atoms with van der Waals surface area (Å²) < 4.78 is 71.7. The van der Waals surface area contributed by atoms with Gasteiger partial charge in [-0.3, -0.25) is 4.79 Å². The number of amides is 2. The first kappa shape index (κ1) is 25.6. The van der Waals surface area contributed by atoms with Gasteiger partial charge >= 0.3 is 22.2 Å². The molecule has 3 rings (SSSR count). The van der Waals surface area contributed by atoms with Crippen LogP contribution in [0.15, 0.2) is 47.4 Å². The van der Waals surface area contributed by atoms with Crippen molar-refractivity contribution >= 4 is 33.6 Å². The van der Waals surface area contributed by atoms with Crippen molar-refractivity contribution in [2.45, 2.75) is 30.4 Å². The highest BCUT2D eigenvalue weighted by molar-refractivity contribution is 8.45. The van der Waals surface area contributed by atoms with Crippen LogP contribution in [0.4, 0.5) is 35.6 Å².